The fourth-order valence-electron chi connectivity index (χ4n) is 25.5. The third-order valence-electron chi connectivity index (χ3n) is 34.2. The van der Waals surface area contributed by atoms with Crippen molar-refractivity contribution in [3.63, 3.8) is 0 Å². The first kappa shape index (κ1) is 96.8. The van der Waals surface area contributed by atoms with Crippen LogP contribution in [0.4, 0.5) is 43.9 Å². The third-order valence-corrected chi connectivity index (χ3v) is 34.2. The highest BCUT2D eigenvalue weighted by atomic mass is 19.2. The molecule has 0 aromatic heterocycles. The van der Waals surface area contributed by atoms with Gasteiger partial charge in [0.05, 0.1) is 0 Å². The van der Waals surface area contributed by atoms with Gasteiger partial charge in [0, 0.05) is 27.8 Å². The van der Waals surface area contributed by atoms with Crippen LogP contribution in [-0.4, -0.2) is 0 Å². The van der Waals surface area contributed by atoms with E-state index in [1.165, 1.54) is 291 Å². The summed E-state index contributed by atoms with van der Waals surface area (Å²) in [5, 5.41) is 0. The number of unbranched alkanes of at least 4 members (excludes halogenated alkanes) is 3. The van der Waals surface area contributed by atoms with E-state index in [1.807, 2.05) is 0 Å². The zero-order valence-electron chi connectivity index (χ0n) is 76.7. The van der Waals surface area contributed by atoms with Crippen LogP contribution in [-0.2, 0) is 0 Å². The van der Waals surface area contributed by atoms with Gasteiger partial charge in [0.25, 0.3) is 0 Å². The van der Waals surface area contributed by atoms with Gasteiger partial charge in [-0.15, -0.1) is 6.58 Å². The second kappa shape index (κ2) is 48.3. The van der Waals surface area contributed by atoms with Gasteiger partial charge in [-0.1, -0.05) is 149 Å². The maximum atomic E-state index is 13.9. The zero-order valence-corrected chi connectivity index (χ0v) is 76.7. The van der Waals surface area contributed by atoms with Crippen molar-refractivity contribution < 1.29 is 43.9 Å². The summed E-state index contributed by atoms with van der Waals surface area (Å²) in [6.07, 6.45) is 67.2. The van der Waals surface area contributed by atoms with Crippen LogP contribution in [0.1, 0.15) is 434 Å². The summed E-state index contributed by atoms with van der Waals surface area (Å²) in [6, 6.07) is 15.7. The molecule has 15 rings (SSSR count). The van der Waals surface area contributed by atoms with Crippen molar-refractivity contribution in [3.8, 4) is 0 Å². The van der Waals surface area contributed by atoms with E-state index in [9.17, 15) is 43.9 Å². The molecule has 0 aliphatic heterocycles. The summed E-state index contributed by atoms with van der Waals surface area (Å²) in [4.78, 5) is 0. The van der Waals surface area contributed by atoms with Gasteiger partial charge in [0.2, 0.25) is 0 Å². The monoisotopic (exact) mass is 1680 g/mol. The predicted molar refractivity (Wildman–Crippen MR) is 485 cm³/mol. The molecule has 0 nitrogen and oxygen atoms in total. The molecule has 10 aliphatic carbocycles. The molecule has 0 amide bonds. The van der Waals surface area contributed by atoms with E-state index in [4.69, 9.17) is 0 Å². The zero-order chi connectivity index (χ0) is 86.2. The first-order valence-corrected chi connectivity index (χ1v) is 50.3. The molecule has 10 saturated carbocycles. The van der Waals surface area contributed by atoms with Gasteiger partial charge in [-0.2, -0.15) is 0 Å². The van der Waals surface area contributed by atoms with Gasteiger partial charge < -0.3 is 0 Å². The van der Waals surface area contributed by atoms with Crippen molar-refractivity contribution in [2.24, 2.45) is 88.8 Å². The topological polar surface area (TPSA) is 0 Å². The van der Waals surface area contributed by atoms with Crippen LogP contribution >= 0.6 is 0 Å². The van der Waals surface area contributed by atoms with Crippen LogP contribution in [0.25, 0.3) is 0 Å². The summed E-state index contributed by atoms with van der Waals surface area (Å²) in [7, 11) is 0. The molecule has 10 aliphatic rings. The van der Waals surface area contributed by atoms with Crippen LogP contribution in [0.15, 0.2) is 73.3 Å². The first-order chi connectivity index (χ1) is 58.4. The van der Waals surface area contributed by atoms with Gasteiger partial charge in [-0.25, -0.2) is 43.9 Å². The summed E-state index contributed by atoms with van der Waals surface area (Å²) in [5.41, 5.74) is 5.10. The highest BCUT2D eigenvalue weighted by molar-refractivity contribution is 5.33. The molecule has 0 heterocycles. The minimum absolute atomic E-state index is 0.140. The van der Waals surface area contributed by atoms with Crippen LogP contribution in [0.2, 0.25) is 0 Å². The van der Waals surface area contributed by atoms with E-state index in [0.29, 0.717) is 29.6 Å². The van der Waals surface area contributed by atoms with Crippen molar-refractivity contribution in [3.05, 3.63) is 187 Å². The standard InChI is InChI=1S/C24H36F2.C23H34F2.C22H32F2.C21H30F2.C21H28F2/c1-3-4-5-6-18-7-9-19(10-8-18)20-11-13-21(14-12-20)22-15-23(25)17(2)24(26)16-22;1-3-4-5-17-6-8-18(9-7-17)19-10-12-20(13-11-19)21-14-22(24)16(2)23(25)15-21;1-3-4-16-5-7-17(8-6-16)18-9-11-19(12-10-18)20-13-21(23)15(2)22(24)14-20;2*1-3-15-4-6-16(7-5-15)17-8-10-18(11-9-17)19-12-20(22)14(2)21(23)13-19/h15-16,18-21H,3-14H2,1-2H3;14-15,17-20H,3-13H2,1-2H3;13-14,16-19H,3-12H2,1-2H3;12-13,15-18H,3-11H2,1-2H3;3,12-13,15-18H,1,4-11H2,2H3. The number of allylic oxidation sites excluding steroid dienone is 1. The van der Waals surface area contributed by atoms with Gasteiger partial charge >= 0.3 is 0 Å². The Morgan fingerprint density at radius 2 is 0.405 bits per heavy atom. The second-order valence-corrected chi connectivity index (χ2v) is 41.5. The molecule has 0 N–H and O–H groups in total. The number of halogens is 10. The van der Waals surface area contributed by atoms with E-state index < -0.39 is 11.6 Å². The Morgan fingerprint density at radius 1 is 0.223 bits per heavy atom. The lowest BCUT2D eigenvalue weighted by Crippen LogP contribution is -2.25. The maximum Gasteiger partial charge on any atom is 0.129 e. The lowest BCUT2D eigenvalue weighted by Gasteiger charge is -2.38. The Bertz CT molecular complexity index is 3770. The molecule has 0 unspecified atom stereocenters. The average Bonchev–Trinajstić information content (AvgIpc) is 0.831. The number of hydrogen-bond donors (Lipinski definition) is 0. The Hall–Kier alpha value is -4.86. The van der Waals surface area contributed by atoms with E-state index in [1.54, 1.807) is 60.7 Å². The van der Waals surface area contributed by atoms with Crippen LogP contribution < -0.4 is 0 Å². The Kier molecular flexibility index (Phi) is 38.7. The van der Waals surface area contributed by atoms with Gasteiger partial charge in [-0.3, -0.25) is 0 Å². The summed E-state index contributed by atoms with van der Waals surface area (Å²) in [6.45, 7) is 20.7. The lowest BCUT2D eigenvalue weighted by molar-refractivity contribution is 0.155. The largest absolute Gasteiger partial charge is 0.207 e. The molecular weight excluding hydrogens is 1520 g/mol. The SMILES string of the molecule is C=CC1CCC(C2CCC(c3cc(F)c(C)c(F)c3)CC2)CC1.CCC1CCC(C2CCC(c3cc(F)c(C)c(F)c3)CC2)CC1.CCCC1CCC(C2CCC(c3cc(F)c(C)c(F)c3)CC2)CC1.CCCCC1CCC(C2CCC(c3cc(F)c(C)c(F)c3)CC2)CC1.CCCCCC1CCC(C2CCC(c3cc(F)c(C)c(F)c3)CC2)CC1. The smallest absolute Gasteiger partial charge is 0.129 e. The van der Waals surface area contributed by atoms with Crippen LogP contribution in [0, 0.1) is 182 Å². The Morgan fingerprint density at radius 3 is 0.595 bits per heavy atom. The number of rotatable bonds is 21. The van der Waals surface area contributed by atoms with E-state index in [-0.39, 0.29) is 74.4 Å². The molecule has 5 aromatic carbocycles. The third kappa shape index (κ3) is 27.6. The summed E-state index contributed by atoms with van der Waals surface area (Å²) in [5.74, 6) is 11.2. The Labute approximate surface area is 728 Å². The highest BCUT2D eigenvalue weighted by Crippen LogP contribution is 2.52. The molecule has 0 bridgehead atoms. The van der Waals surface area contributed by atoms with Crippen molar-refractivity contribution in [2.75, 3.05) is 0 Å². The molecule has 121 heavy (non-hydrogen) atoms. The molecule has 0 spiro atoms. The van der Waals surface area contributed by atoms with Crippen molar-refractivity contribution in [1.29, 1.82) is 0 Å². The van der Waals surface area contributed by atoms with E-state index in [0.717, 1.165) is 181 Å². The number of hydrogen-bond acceptors (Lipinski definition) is 0. The fraction of sp³-hybridized carbons (Fsp3) is 0.712. The van der Waals surface area contributed by atoms with E-state index in [2.05, 4.69) is 40.3 Å². The fourth-order valence-corrected chi connectivity index (χ4v) is 25.5. The van der Waals surface area contributed by atoms with Crippen molar-refractivity contribution >= 4 is 0 Å². The molecular formula is C111H160F10. The molecule has 0 atom stereocenters. The maximum absolute atomic E-state index is 13.9. The summed E-state index contributed by atoms with van der Waals surface area (Å²) >= 11 is 0. The van der Waals surface area contributed by atoms with E-state index >= 15 is 0 Å². The lowest BCUT2D eigenvalue weighted by atomic mass is 9.68. The second-order valence-electron chi connectivity index (χ2n) is 41.5. The average molecular weight is 1680 g/mol. The van der Waals surface area contributed by atoms with Crippen LogP contribution in [0.5, 0.6) is 0 Å². The van der Waals surface area contributed by atoms with Crippen LogP contribution in [0.3, 0.4) is 0 Å². The normalized spacial score (nSPS) is 31.0. The molecule has 0 saturated heterocycles. The molecule has 0 radical (unpaired) electrons. The van der Waals surface area contributed by atoms with Gasteiger partial charge in [0.15, 0.2) is 0 Å². The minimum atomic E-state index is -0.398. The summed E-state index contributed by atoms with van der Waals surface area (Å²) < 4.78 is 138. The first-order valence-electron chi connectivity index (χ1n) is 50.3. The minimum Gasteiger partial charge on any atom is -0.207 e. The Balaban J connectivity index is 0.000000148. The molecule has 10 heteroatoms. The van der Waals surface area contributed by atoms with Crippen molar-refractivity contribution in [1.82, 2.24) is 0 Å². The molecule has 10 fully saturated rings. The van der Waals surface area contributed by atoms with Gasteiger partial charge in [-0.05, 0) is 447 Å². The van der Waals surface area contributed by atoms with Crippen molar-refractivity contribution in [2.45, 2.75) is 413 Å². The number of benzene rings is 5. The molecule has 5 aromatic rings. The molecule has 674 valence electrons. The predicted octanol–water partition coefficient (Wildman–Crippen LogP) is 35.9. The van der Waals surface area contributed by atoms with Gasteiger partial charge in [0.1, 0.15) is 58.2 Å². The highest BCUT2D eigenvalue weighted by Gasteiger charge is 2.38. The quantitative estimate of drug-likeness (QED) is 0.0390.